The third-order valence-electron chi connectivity index (χ3n) is 3.07. The van der Waals surface area contributed by atoms with Crippen LogP contribution in [0.2, 0.25) is 0 Å². The molecule has 0 aliphatic rings. The number of hydrogen-bond acceptors (Lipinski definition) is 5. The standard InChI is InChI=1S/C19H22F3N3O2/c1-4-6-16(11-25-14-19(20,21)22)27-13-15(7-5-9-23-2)17-12-24-10-8-18(17)26-3/h4-12,23H,1,13-14H2,2-3H3/b9-5-,15-7+,16-6+,25-11?. The molecule has 1 aromatic rings. The van der Waals surface area contributed by atoms with Crippen molar-refractivity contribution in [3.8, 4) is 5.75 Å². The fourth-order valence-corrected chi connectivity index (χ4v) is 1.92. The number of aliphatic imine (C=N–C) groups is 1. The van der Waals surface area contributed by atoms with Gasteiger partial charge in [-0.1, -0.05) is 18.7 Å². The average molecular weight is 381 g/mol. The van der Waals surface area contributed by atoms with Gasteiger partial charge in [0.2, 0.25) is 0 Å². The number of aromatic nitrogens is 1. The van der Waals surface area contributed by atoms with Crippen LogP contribution in [0.15, 0.2) is 66.3 Å². The molecule has 0 aliphatic heterocycles. The molecule has 1 heterocycles. The van der Waals surface area contributed by atoms with Gasteiger partial charge in [0, 0.05) is 30.6 Å². The number of allylic oxidation sites excluding steroid dienone is 5. The van der Waals surface area contributed by atoms with Crippen LogP contribution in [0.4, 0.5) is 13.2 Å². The maximum atomic E-state index is 12.2. The van der Waals surface area contributed by atoms with Gasteiger partial charge in [0.05, 0.1) is 13.3 Å². The van der Waals surface area contributed by atoms with E-state index in [1.165, 1.54) is 19.3 Å². The smallest absolute Gasteiger partial charge is 0.407 e. The van der Waals surface area contributed by atoms with Crippen LogP contribution in [-0.4, -0.2) is 44.7 Å². The fraction of sp³-hybridized carbons (Fsp3) is 0.263. The molecule has 5 nitrogen and oxygen atoms in total. The summed E-state index contributed by atoms with van der Waals surface area (Å²) in [5, 5.41) is 2.87. The molecule has 0 saturated heterocycles. The maximum absolute atomic E-state index is 12.2. The molecular formula is C19H22F3N3O2. The first-order valence-corrected chi connectivity index (χ1v) is 7.94. The minimum absolute atomic E-state index is 0.0633. The Balaban J connectivity index is 3.00. The van der Waals surface area contributed by atoms with Gasteiger partial charge in [0.15, 0.2) is 0 Å². The van der Waals surface area contributed by atoms with Gasteiger partial charge in [-0.3, -0.25) is 9.98 Å². The number of ether oxygens (including phenoxy) is 2. The Kier molecular flexibility index (Phi) is 9.42. The van der Waals surface area contributed by atoms with Crippen LogP contribution in [-0.2, 0) is 4.74 Å². The first-order valence-electron chi connectivity index (χ1n) is 7.94. The minimum atomic E-state index is -4.37. The molecule has 0 bridgehead atoms. The molecule has 1 rings (SSSR count). The highest BCUT2D eigenvalue weighted by atomic mass is 19.4. The summed E-state index contributed by atoms with van der Waals surface area (Å²) in [4.78, 5) is 7.43. The topological polar surface area (TPSA) is 55.7 Å². The zero-order valence-electron chi connectivity index (χ0n) is 15.2. The number of halogens is 3. The molecule has 1 N–H and O–H groups in total. The van der Waals surface area contributed by atoms with E-state index in [9.17, 15) is 13.2 Å². The first-order chi connectivity index (χ1) is 12.9. The second-order valence-electron chi connectivity index (χ2n) is 5.09. The van der Waals surface area contributed by atoms with Crippen molar-refractivity contribution >= 4 is 11.8 Å². The number of methoxy groups -OCH3 is 1. The Hall–Kier alpha value is -3.03. The normalized spacial score (nSPS) is 13.2. The van der Waals surface area contributed by atoms with Gasteiger partial charge in [-0.25, -0.2) is 0 Å². The van der Waals surface area contributed by atoms with Crippen molar-refractivity contribution in [2.75, 3.05) is 27.3 Å². The number of nitrogens with zero attached hydrogens (tertiary/aromatic N) is 2. The van der Waals surface area contributed by atoms with Crippen molar-refractivity contribution in [2.45, 2.75) is 6.18 Å². The molecule has 0 atom stereocenters. The van der Waals surface area contributed by atoms with Gasteiger partial charge in [-0.2, -0.15) is 13.2 Å². The van der Waals surface area contributed by atoms with Crippen molar-refractivity contribution < 1.29 is 22.6 Å². The summed E-state index contributed by atoms with van der Waals surface area (Å²) in [5.74, 6) is 0.748. The summed E-state index contributed by atoms with van der Waals surface area (Å²) >= 11 is 0. The van der Waals surface area contributed by atoms with Crippen molar-refractivity contribution in [2.24, 2.45) is 4.99 Å². The van der Waals surface area contributed by atoms with E-state index < -0.39 is 12.7 Å². The highest BCUT2D eigenvalue weighted by Crippen LogP contribution is 2.25. The highest BCUT2D eigenvalue weighted by molar-refractivity contribution is 5.77. The Morgan fingerprint density at radius 3 is 2.78 bits per heavy atom. The Bertz CT molecular complexity index is 723. The molecule has 0 aromatic carbocycles. The van der Waals surface area contributed by atoms with Crippen LogP contribution in [0.3, 0.4) is 0 Å². The molecule has 0 amide bonds. The quantitative estimate of drug-likeness (QED) is 0.379. The number of pyridine rings is 1. The van der Waals surface area contributed by atoms with E-state index in [0.717, 1.165) is 6.21 Å². The van der Waals surface area contributed by atoms with Crippen LogP contribution in [0, 0.1) is 0 Å². The lowest BCUT2D eigenvalue weighted by Crippen LogP contribution is -2.12. The number of alkyl halides is 3. The van der Waals surface area contributed by atoms with Crippen LogP contribution in [0.1, 0.15) is 5.56 Å². The van der Waals surface area contributed by atoms with E-state index in [1.807, 2.05) is 0 Å². The lowest BCUT2D eigenvalue weighted by atomic mass is 10.1. The van der Waals surface area contributed by atoms with Crippen LogP contribution < -0.4 is 10.1 Å². The Morgan fingerprint density at radius 2 is 2.15 bits per heavy atom. The highest BCUT2D eigenvalue weighted by Gasteiger charge is 2.25. The SMILES string of the molecule is C=C/C=C(\C=NCC(F)(F)F)OC/C(=C\C=C/NC)c1cnccc1OC. The molecule has 8 heteroatoms. The lowest BCUT2D eigenvalue weighted by Gasteiger charge is -2.13. The van der Waals surface area contributed by atoms with Crippen LogP contribution in [0.5, 0.6) is 5.75 Å². The number of rotatable bonds is 10. The molecule has 0 fully saturated rings. The molecule has 0 radical (unpaired) electrons. The van der Waals surface area contributed by atoms with E-state index >= 15 is 0 Å². The summed E-state index contributed by atoms with van der Waals surface area (Å²) in [6, 6.07) is 1.70. The predicted molar refractivity (Wildman–Crippen MR) is 101 cm³/mol. The summed E-state index contributed by atoms with van der Waals surface area (Å²) in [5.41, 5.74) is 1.41. The molecule has 146 valence electrons. The third-order valence-corrected chi connectivity index (χ3v) is 3.07. The van der Waals surface area contributed by atoms with Crippen molar-refractivity contribution in [1.29, 1.82) is 0 Å². The minimum Gasteiger partial charge on any atom is -0.496 e. The molecule has 27 heavy (non-hydrogen) atoms. The van der Waals surface area contributed by atoms with Gasteiger partial charge in [0.25, 0.3) is 0 Å². The van der Waals surface area contributed by atoms with Crippen LogP contribution >= 0.6 is 0 Å². The van der Waals surface area contributed by atoms with E-state index in [-0.39, 0.29) is 12.4 Å². The summed E-state index contributed by atoms with van der Waals surface area (Å²) < 4.78 is 47.7. The maximum Gasteiger partial charge on any atom is 0.407 e. The molecular weight excluding hydrogens is 359 g/mol. The Morgan fingerprint density at radius 1 is 1.37 bits per heavy atom. The van der Waals surface area contributed by atoms with E-state index in [2.05, 4.69) is 21.9 Å². The monoisotopic (exact) mass is 381 g/mol. The number of hydrogen-bond donors (Lipinski definition) is 1. The van der Waals surface area contributed by atoms with Crippen molar-refractivity contribution in [3.05, 3.63) is 66.9 Å². The molecule has 0 saturated carbocycles. The molecule has 0 aliphatic carbocycles. The third kappa shape index (κ3) is 8.75. The summed E-state index contributed by atoms with van der Waals surface area (Å²) in [7, 11) is 3.29. The summed E-state index contributed by atoms with van der Waals surface area (Å²) in [6.45, 7) is 2.31. The van der Waals surface area contributed by atoms with Gasteiger partial charge < -0.3 is 14.8 Å². The first kappa shape index (κ1) is 22.0. The van der Waals surface area contributed by atoms with Crippen LogP contribution in [0.25, 0.3) is 5.57 Å². The van der Waals surface area contributed by atoms with E-state index in [4.69, 9.17) is 9.47 Å². The average Bonchev–Trinajstić information content (AvgIpc) is 2.63. The van der Waals surface area contributed by atoms with Gasteiger partial charge in [0.1, 0.15) is 24.7 Å². The van der Waals surface area contributed by atoms with Gasteiger partial charge in [-0.15, -0.1) is 0 Å². The second-order valence-corrected chi connectivity index (χ2v) is 5.09. The number of nitrogens with one attached hydrogen (secondary N) is 1. The summed E-state index contributed by atoms with van der Waals surface area (Å²) in [6.07, 6.45) is 7.97. The molecule has 0 spiro atoms. The fourth-order valence-electron chi connectivity index (χ4n) is 1.92. The molecule has 0 unspecified atom stereocenters. The zero-order chi connectivity index (χ0) is 20.1. The second kappa shape index (κ2) is 11.6. The van der Waals surface area contributed by atoms with E-state index in [0.29, 0.717) is 16.9 Å². The van der Waals surface area contributed by atoms with Gasteiger partial charge >= 0.3 is 6.18 Å². The van der Waals surface area contributed by atoms with Crippen molar-refractivity contribution in [1.82, 2.24) is 10.3 Å². The van der Waals surface area contributed by atoms with E-state index in [1.54, 1.807) is 43.9 Å². The van der Waals surface area contributed by atoms with Crippen molar-refractivity contribution in [3.63, 3.8) is 0 Å². The van der Waals surface area contributed by atoms with Gasteiger partial charge in [-0.05, 0) is 24.4 Å². The largest absolute Gasteiger partial charge is 0.496 e. The molecule has 1 aromatic heterocycles. The zero-order valence-corrected chi connectivity index (χ0v) is 15.2. The lowest BCUT2D eigenvalue weighted by molar-refractivity contribution is -0.118. The predicted octanol–water partition coefficient (Wildman–Crippen LogP) is 3.93. The Labute approximate surface area is 156 Å².